The van der Waals surface area contributed by atoms with Crippen molar-refractivity contribution in [2.45, 2.75) is 0 Å². The van der Waals surface area contributed by atoms with E-state index in [2.05, 4.69) is 26.1 Å². The number of carbonyl (C=O) groups is 1. The highest BCUT2D eigenvalue weighted by molar-refractivity contribution is 6.33. The first-order chi connectivity index (χ1) is 14.8. The fraction of sp³-hybridized carbons (Fsp3) is 0. The molecule has 1 heterocycles. The molecule has 0 fully saturated rings. The summed E-state index contributed by atoms with van der Waals surface area (Å²) in [7, 11) is 0. The van der Waals surface area contributed by atoms with Crippen molar-refractivity contribution in [1.82, 2.24) is 15.4 Å². The van der Waals surface area contributed by atoms with E-state index in [0.717, 1.165) is 12.4 Å². The second-order valence-corrected chi connectivity index (χ2v) is 6.60. The summed E-state index contributed by atoms with van der Waals surface area (Å²) in [6, 6.07) is 9.95. The zero-order valence-electron chi connectivity index (χ0n) is 15.2. The van der Waals surface area contributed by atoms with Crippen LogP contribution >= 0.6 is 23.2 Å². The van der Waals surface area contributed by atoms with Crippen LogP contribution in [0, 0.1) is 20.2 Å². The van der Waals surface area contributed by atoms with Crippen molar-refractivity contribution in [3.05, 3.63) is 84.6 Å². The summed E-state index contributed by atoms with van der Waals surface area (Å²) in [5, 5.41) is 25.5. The van der Waals surface area contributed by atoms with Crippen LogP contribution in [0.15, 0.2) is 48.8 Å². The SMILES string of the molecule is O=C(NNc1ncnc(Nc2ccccc2Cl)c1[N+](=O)[O-])c1ccc(Cl)c([N+](=O)[O-])c1. The normalized spacial score (nSPS) is 10.3. The van der Waals surface area contributed by atoms with Crippen LogP contribution in [0.25, 0.3) is 0 Å². The molecule has 1 aromatic heterocycles. The van der Waals surface area contributed by atoms with Crippen LogP contribution in [-0.4, -0.2) is 25.7 Å². The van der Waals surface area contributed by atoms with Crippen LogP contribution < -0.4 is 16.2 Å². The first kappa shape index (κ1) is 21.7. The molecule has 0 spiro atoms. The Kier molecular flexibility index (Phi) is 6.43. The number of amides is 1. The molecule has 31 heavy (non-hydrogen) atoms. The van der Waals surface area contributed by atoms with Crippen LogP contribution in [0.4, 0.5) is 28.7 Å². The number of anilines is 3. The number of carbonyl (C=O) groups excluding carboxylic acids is 1. The maximum atomic E-state index is 12.3. The fourth-order valence-electron chi connectivity index (χ4n) is 2.41. The zero-order chi connectivity index (χ0) is 22.5. The smallest absolute Gasteiger partial charge is 0.333 e. The van der Waals surface area contributed by atoms with Gasteiger partial charge in [0.25, 0.3) is 11.6 Å². The minimum absolute atomic E-state index is 0.102. The molecular formula is C17H11Cl2N7O5. The Balaban J connectivity index is 1.84. The molecule has 1 amide bonds. The van der Waals surface area contributed by atoms with Crippen LogP contribution in [-0.2, 0) is 0 Å². The van der Waals surface area contributed by atoms with E-state index >= 15 is 0 Å². The van der Waals surface area contributed by atoms with E-state index in [4.69, 9.17) is 23.2 Å². The third-order valence-corrected chi connectivity index (χ3v) is 4.48. The molecular weight excluding hydrogens is 453 g/mol. The van der Waals surface area contributed by atoms with Gasteiger partial charge in [-0.05, 0) is 24.3 Å². The van der Waals surface area contributed by atoms with Crippen LogP contribution in [0.2, 0.25) is 10.0 Å². The highest BCUT2D eigenvalue weighted by Crippen LogP contribution is 2.33. The van der Waals surface area contributed by atoms with E-state index in [0.29, 0.717) is 10.7 Å². The van der Waals surface area contributed by atoms with Gasteiger partial charge in [-0.15, -0.1) is 0 Å². The second kappa shape index (κ2) is 9.19. The number of para-hydroxylation sites is 1. The van der Waals surface area contributed by atoms with Gasteiger partial charge >= 0.3 is 5.69 Å². The molecule has 14 heteroatoms. The van der Waals surface area contributed by atoms with E-state index in [9.17, 15) is 25.0 Å². The Bertz CT molecular complexity index is 1190. The number of hydrogen-bond donors (Lipinski definition) is 3. The minimum atomic E-state index is -0.812. The molecule has 0 radical (unpaired) electrons. The summed E-state index contributed by atoms with van der Waals surface area (Å²) in [6.45, 7) is 0. The monoisotopic (exact) mass is 463 g/mol. The zero-order valence-corrected chi connectivity index (χ0v) is 16.7. The number of nitro groups is 2. The third kappa shape index (κ3) is 4.94. The lowest BCUT2D eigenvalue weighted by molar-refractivity contribution is -0.384. The van der Waals surface area contributed by atoms with Crippen molar-refractivity contribution in [1.29, 1.82) is 0 Å². The summed E-state index contributed by atoms with van der Waals surface area (Å²) in [5.41, 5.74) is 3.76. The number of benzene rings is 2. The Labute approximate surface area is 183 Å². The summed E-state index contributed by atoms with van der Waals surface area (Å²) in [6.07, 6.45) is 1.04. The molecule has 0 aliphatic carbocycles. The Hall–Kier alpha value is -4.03. The van der Waals surface area contributed by atoms with Crippen molar-refractivity contribution < 1.29 is 14.6 Å². The van der Waals surface area contributed by atoms with Gasteiger partial charge in [-0.1, -0.05) is 35.3 Å². The van der Waals surface area contributed by atoms with Crippen molar-refractivity contribution >= 4 is 57.8 Å². The maximum absolute atomic E-state index is 12.3. The molecule has 0 unspecified atom stereocenters. The lowest BCUT2D eigenvalue weighted by atomic mass is 10.2. The van der Waals surface area contributed by atoms with Gasteiger partial charge in [0, 0.05) is 11.6 Å². The molecule has 0 saturated carbocycles. The molecule has 158 valence electrons. The van der Waals surface area contributed by atoms with Crippen LogP contribution in [0.5, 0.6) is 0 Å². The molecule has 3 N–H and O–H groups in total. The van der Waals surface area contributed by atoms with Gasteiger partial charge in [0.2, 0.25) is 11.6 Å². The summed E-state index contributed by atoms with van der Waals surface area (Å²) < 4.78 is 0. The molecule has 12 nitrogen and oxygen atoms in total. The number of halogens is 2. The largest absolute Gasteiger partial charge is 0.355 e. The summed E-state index contributed by atoms with van der Waals surface area (Å²) in [5.74, 6) is -1.31. The van der Waals surface area contributed by atoms with Gasteiger partial charge in [-0.3, -0.25) is 35.9 Å². The molecule has 0 bridgehead atoms. The van der Waals surface area contributed by atoms with Gasteiger partial charge in [-0.25, -0.2) is 9.97 Å². The van der Waals surface area contributed by atoms with E-state index in [1.165, 1.54) is 12.1 Å². The number of hydrazine groups is 1. The number of nitrogens with zero attached hydrogens (tertiary/aromatic N) is 4. The summed E-state index contributed by atoms with van der Waals surface area (Å²) in [4.78, 5) is 41.0. The Morgan fingerprint density at radius 3 is 2.32 bits per heavy atom. The predicted molar refractivity (Wildman–Crippen MR) is 113 cm³/mol. The molecule has 0 aliphatic rings. The van der Waals surface area contributed by atoms with E-state index in [-0.39, 0.29) is 22.2 Å². The highest BCUT2D eigenvalue weighted by Gasteiger charge is 2.24. The van der Waals surface area contributed by atoms with Crippen molar-refractivity contribution in [2.24, 2.45) is 0 Å². The van der Waals surface area contributed by atoms with Crippen molar-refractivity contribution in [2.75, 3.05) is 10.7 Å². The van der Waals surface area contributed by atoms with Gasteiger partial charge < -0.3 is 5.32 Å². The average molecular weight is 464 g/mol. The fourth-order valence-corrected chi connectivity index (χ4v) is 2.78. The molecule has 0 saturated heterocycles. The quantitative estimate of drug-likeness (QED) is 0.345. The number of hydrogen-bond acceptors (Lipinski definition) is 9. The topological polar surface area (TPSA) is 165 Å². The third-order valence-electron chi connectivity index (χ3n) is 3.83. The van der Waals surface area contributed by atoms with Gasteiger partial charge in [0.15, 0.2) is 0 Å². The van der Waals surface area contributed by atoms with Crippen LogP contribution in [0.3, 0.4) is 0 Å². The van der Waals surface area contributed by atoms with Gasteiger partial charge in [0.05, 0.1) is 20.6 Å². The molecule has 0 atom stereocenters. The van der Waals surface area contributed by atoms with Crippen molar-refractivity contribution in [3.63, 3.8) is 0 Å². The van der Waals surface area contributed by atoms with Crippen LogP contribution in [0.1, 0.15) is 10.4 Å². The van der Waals surface area contributed by atoms with Gasteiger partial charge in [-0.2, -0.15) is 0 Å². The Morgan fingerprint density at radius 1 is 0.935 bits per heavy atom. The number of nitro benzene ring substituents is 1. The van der Waals surface area contributed by atoms with Crippen molar-refractivity contribution in [3.8, 4) is 0 Å². The molecule has 2 aromatic carbocycles. The number of aromatic nitrogens is 2. The standard InChI is InChI=1S/C17H11Cl2N7O5/c18-10-3-1-2-4-12(10)22-15-14(26(30)31)16(21-8-20-15)23-24-17(27)9-5-6-11(19)13(7-9)25(28)29/h1-8H,(H,24,27)(H2,20,21,22,23). The van der Waals surface area contributed by atoms with E-state index in [1.807, 2.05) is 0 Å². The molecule has 0 aliphatic heterocycles. The average Bonchev–Trinajstić information content (AvgIpc) is 2.73. The lowest BCUT2D eigenvalue weighted by Gasteiger charge is -2.11. The minimum Gasteiger partial charge on any atom is -0.333 e. The second-order valence-electron chi connectivity index (χ2n) is 5.78. The predicted octanol–water partition coefficient (Wildman–Crippen LogP) is 4.10. The molecule has 3 rings (SSSR count). The van der Waals surface area contributed by atoms with Gasteiger partial charge in [0.1, 0.15) is 11.3 Å². The lowest BCUT2D eigenvalue weighted by Crippen LogP contribution is -2.30. The maximum Gasteiger partial charge on any atom is 0.355 e. The van der Waals surface area contributed by atoms with E-state index < -0.39 is 27.1 Å². The number of rotatable bonds is 7. The first-order valence-electron chi connectivity index (χ1n) is 8.29. The number of nitrogens with one attached hydrogen (secondary N) is 3. The summed E-state index contributed by atoms with van der Waals surface area (Å²) >= 11 is 11.8. The Morgan fingerprint density at radius 2 is 1.65 bits per heavy atom. The molecule has 3 aromatic rings. The first-order valence-corrected chi connectivity index (χ1v) is 9.04. The van der Waals surface area contributed by atoms with E-state index in [1.54, 1.807) is 24.3 Å². The highest BCUT2D eigenvalue weighted by atomic mass is 35.5.